The minimum atomic E-state index is -0.680. The van der Waals surface area contributed by atoms with E-state index in [1.165, 1.54) is 17.4 Å². The van der Waals surface area contributed by atoms with Crippen LogP contribution in [-0.4, -0.2) is 57.4 Å². The molecule has 2 aromatic carbocycles. The lowest BCUT2D eigenvalue weighted by Gasteiger charge is -2.45. The SMILES string of the molecule is CCC(=O)NC1=COC(C2(n3cnc4c(NCC(c5ccccc5)c5ccccc5)nc(N5CC[C@@H](N)C5)nc43)CCCC2(C)C)O1. The van der Waals surface area contributed by atoms with Crippen molar-refractivity contribution in [2.24, 2.45) is 11.1 Å². The predicted octanol–water partition coefficient (Wildman–Crippen LogP) is 5.21. The number of rotatable bonds is 10. The number of aromatic nitrogens is 4. The zero-order valence-corrected chi connectivity index (χ0v) is 27.4. The number of imidazole rings is 1. The van der Waals surface area contributed by atoms with Gasteiger partial charge in [0.25, 0.3) is 6.29 Å². The third-order valence-electron chi connectivity index (χ3n) is 10.2. The summed E-state index contributed by atoms with van der Waals surface area (Å²) >= 11 is 0. The van der Waals surface area contributed by atoms with Crippen LogP contribution in [0.1, 0.15) is 69.9 Å². The number of hydrogen-bond donors (Lipinski definition) is 3. The number of nitrogens with zero attached hydrogens (tertiary/aromatic N) is 5. The molecule has 1 amide bonds. The Morgan fingerprint density at radius 1 is 1.06 bits per heavy atom. The fourth-order valence-corrected chi connectivity index (χ4v) is 7.55. The molecule has 2 aliphatic heterocycles. The highest BCUT2D eigenvalue weighted by Gasteiger charge is 2.60. The topological polar surface area (TPSA) is 132 Å². The molecule has 246 valence electrons. The summed E-state index contributed by atoms with van der Waals surface area (Å²) < 4.78 is 14.7. The van der Waals surface area contributed by atoms with Crippen LogP contribution in [0.5, 0.6) is 0 Å². The van der Waals surface area contributed by atoms with Crippen LogP contribution in [0, 0.1) is 5.41 Å². The lowest BCUT2D eigenvalue weighted by atomic mass is 9.74. The monoisotopic (exact) mass is 636 g/mol. The quantitative estimate of drug-likeness (QED) is 0.215. The lowest BCUT2D eigenvalue weighted by Crippen LogP contribution is -2.53. The molecule has 1 saturated carbocycles. The van der Waals surface area contributed by atoms with Crippen LogP contribution in [0.25, 0.3) is 11.2 Å². The van der Waals surface area contributed by atoms with Gasteiger partial charge in [0, 0.05) is 38.0 Å². The molecule has 4 aromatic rings. The molecule has 0 radical (unpaired) electrons. The number of carbonyl (C=O) groups excluding carboxylic acids is 1. The van der Waals surface area contributed by atoms with Crippen molar-refractivity contribution in [3.05, 3.63) is 90.3 Å². The Labute approximate surface area is 275 Å². The number of carbonyl (C=O) groups is 1. The summed E-state index contributed by atoms with van der Waals surface area (Å²) in [6, 6.07) is 21.1. The first kappa shape index (κ1) is 31.0. The Kier molecular flexibility index (Phi) is 8.25. The number of nitrogens with one attached hydrogen (secondary N) is 2. The molecule has 7 rings (SSSR count). The molecule has 3 atom stereocenters. The van der Waals surface area contributed by atoms with E-state index in [0.29, 0.717) is 48.3 Å². The molecule has 3 aliphatic rings. The summed E-state index contributed by atoms with van der Waals surface area (Å²) in [6.07, 6.45) is 6.65. The van der Waals surface area contributed by atoms with Crippen LogP contribution < -0.4 is 21.3 Å². The van der Waals surface area contributed by atoms with Crippen LogP contribution in [0.15, 0.2) is 79.1 Å². The van der Waals surface area contributed by atoms with Crippen molar-refractivity contribution >= 4 is 28.8 Å². The van der Waals surface area contributed by atoms with Crippen molar-refractivity contribution in [2.75, 3.05) is 29.9 Å². The Bertz CT molecular complexity index is 1720. The van der Waals surface area contributed by atoms with Gasteiger partial charge in [-0.2, -0.15) is 9.97 Å². The minimum Gasteiger partial charge on any atom is -0.454 e. The highest BCUT2D eigenvalue weighted by molar-refractivity contribution is 5.85. The van der Waals surface area contributed by atoms with E-state index in [0.717, 1.165) is 32.2 Å². The summed E-state index contributed by atoms with van der Waals surface area (Å²) in [5.41, 5.74) is 9.27. The van der Waals surface area contributed by atoms with Crippen LogP contribution in [0.2, 0.25) is 0 Å². The summed E-state index contributed by atoms with van der Waals surface area (Å²) in [5.74, 6) is 1.59. The molecule has 47 heavy (non-hydrogen) atoms. The van der Waals surface area contributed by atoms with Crippen LogP contribution in [0.3, 0.4) is 0 Å². The second kappa shape index (κ2) is 12.5. The Hall–Kier alpha value is -4.64. The summed E-state index contributed by atoms with van der Waals surface area (Å²) in [5, 5.41) is 6.52. The number of hydrogen-bond acceptors (Lipinski definition) is 9. The van der Waals surface area contributed by atoms with Crippen molar-refractivity contribution in [1.82, 2.24) is 24.8 Å². The van der Waals surface area contributed by atoms with Crippen molar-refractivity contribution in [1.29, 1.82) is 0 Å². The van der Waals surface area contributed by atoms with E-state index in [2.05, 4.69) is 82.5 Å². The summed E-state index contributed by atoms with van der Waals surface area (Å²) in [6.45, 7) is 8.37. The largest absolute Gasteiger partial charge is 0.454 e. The van der Waals surface area contributed by atoms with Gasteiger partial charge in [-0.1, -0.05) is 87.9 Å². The molecular weight excluding hydrogens is 592 g/mol. The third-order valence-corrected chi connectivity index (χ3v) is 10.2. The maximum atomic E-state index is 12.2. The maximum Gasteiger partial charge on any atom is 0.266 e. The van der Waals surface area contributed by atoms with E-state index in [4.69, 9.17) is 30.2 Å². The Morgan fingerprint density at radius 3 is 2.40 bits per heavy atom. The van der Waals surface area contributed by atoms with Gasteiger partial charge in [-0.05, 0) is 35.8 Å². The first-order chi connectivity index (χ1) is 22.8. The molecule has 2 fully saturated rings. The fraction of sp³-hybridized carbons (Fsp3) is 0.444. The normalized spacial score (nSPS) is 23.5. The van der Waals surface area contributed by atoms with E-state index in [9.17, 15) is 4.79 Å². The van der Waals surface area contributed by atoms with Crippen molar-refractivity contribution in [3.63, 3.8) is 0 Å². The van der Waals surface area contributed by atoms with Crippen molar-refractivity contribution in [2.45, 2.75) is 76.7 Å². The fourth-order valence-electron chi connectivity index (χ4n) is 7.55. The average molecular weight is 637 g/mol. The molecule has 0 bridgehead atoms. The van der Waals surface area contributed by atoms with Crippen LogP contribution >= 0.6 is 0 Å². The highest BCUT2D eigenvalue weighted by Crippen LogP contribution is 2.56. The van der Waals surface area contributed by atoms with E-state index in [1.807, 2.05) is 18.5 Å². The van der Waals surface area contributed by atoms with Gasteiger partial charge in [0.1, 0.15) is 11.8 Å². The Morgan fingerprint density at radius 2 is 1.79 bits per heavy atom. The van der Waals surface area contributed by atoms with Gasteiger partial charge < -0.3 is 30.0 Å². The Balaban J connectivity index is 1.30. The predicted molar refractivity (Wildman–Crippen MR) is 181 cm³/mol. The molecule has 4 N–H and O–H groups in total. The minimum absolute atomic E-state index is 0.0689. The van der Waals surface area contributed by atoms with Gasteiger partial charge >= 0.3 is 0 Å². The molecule has 0 spiro atoms. The number of fused-ring (bicyclic) bond motifs is 1. The maximum absolute atomic E-state index is 12.2. The van der Waals surface area contributed by atoms with E-state index in [-0.39, 0.29) is 23.3 Å². The van der Waals surface area contributed by atoms with Gasteiger partial charge in [-0.15, -0.1) is 0 Å². The average Bonchev–Trinajstić information content (AvgIpc) is 3.88. The van der Waals surface area contributed by atoms with E-state index < -0.39 is 11.8 Å². The third kappa shape index (κ3) is 5.66. The molecule has 2 unspecified atom stereocenters. The molecule has 11 heteroatoms. The molecule has 1 saturated heterocycles. The van der Waals surface area contributed by atoms with Crippen LogP contribution in [0.4, 0.5) is 11.8 Å². The number of benzene rings is 2. The standard InChI is InChI=1S/C36H44N8O3/c1-4-28(45)40-29-22-46-33(47-29)36(18-11-17-35(36,2)3)44-23-39-30-31(41-34(42-32(30)44)43-19-16-26(37)21-43)38-20-27(24-12-7-5-8-13-24)25-14-9-6-10-15-25/h5-10,12-15,22-23,26-27,33H,4,11,16-21,37H2,1-3H3,(H,40,45)(H,38,41,42)/t26-,33?,36?/m1/s1. The second-order valence-corrected chi connectivity index (χ2v) is 13.5. The molecule has 1 aliphatic carbocycles. The molecular formula is C36H44N8O3. The summed E-state index contributed by atoms with van der Waals surface area (Å²) in [4.78, 5) is 29.6. The van der Waals surface area contributed by atoms with Crippen molar-refractivity contribution < 1.29 is 14.3 Å². The van der Waals surface area contributed by atoms with Gasteiger partial charge in [0.05, 0.1) is 6.33 Å². The van der Waals surface area contributed by atoms with E-state index >= 15 is 0 Å². The molecule has 2 aromatic heterocycles. The zero-order valence-electron chi connectivity index (χ0n) is 27.4. The zero-order chi connectivity index (χ0) is 32.6. The smallest absolute Gasteiger partial charge is 0.266 e. The summed E-state index contributed by atoms with van der Waals surface area (Å²) in [7, 11) is 0. The van der Waals surface area contributed by atoms with Gasteiger partial charge in [-0.3, -0.25) is 10.1 Å². The van der Waals surface area contributed by atoms with Crippen molar-refractivity contribution in [3.8, 4) is 0 Å². The number of nitrogens with two attached hydrogens (primary N) is 1. The second-order valence-electron chi connectivity index (χ2n) is 13.5. The number of ether oxygens (including phenoxy) is 2. The van der Waals surface area contributed by atoms with Gasteiger partial charge in [-0.25, -0.2) is 4.98 Å². The molecule has 4 heterocycles. The van der Waals surface area contributed by atoms with E-state index in [1.54, 1.807) is 6.92 Å². The lowest BCUT2D eigenvalue weighted by molar-refractivity contribution is -0.152. The van der Waals surface area contributed by atoms with Gasteiger partial charge in [0.2, 0.25) is 17.7 Å². The number of amides is 1. The number of anilines is 2. The first-order valence-corrected chi connectivity index (χ1v) is 16.7. The molecule has 11 nitrogen and oxygen atoms in total. The van der Waals surface area contributed by atoms with Crippen LogP contribution in [-0.2, 0) is 19.8 Å². The first-order valence-electron chi connectivity index (χ1n) is 16.7. The highest BCUT2D eigenvalue weighted by atomic mass is 16.7. The van der Waals surface area contributed by atoms with Gasteiger partial charge in [0.15, 0.2) is 17.0 Å².